The van der Waals surface area contributed by atoms with Crippen molar-refractivity contribution in [1.29, 1.82) is 0 Å². The van der Waals surface area contributed by atoms with Gasteiger partial charge in [-0.05, 0) is 30.3 Å². The van der Waals surface area contributed by atoms with E-state index in [0.717, 1.165) is 5.69 Å². The quantitative estimate of drug-likeness (QED) is 0.747. The molecule has 6 nitrogen and oxygen atoms in total. The van der Waals surface area contributed by atoms with Crippen LogP contribution in [0.15, 0.2) is 48.5 Å². The Morgan fingerprint density at radius 3 is 2.36 bits per heavy atom. The predicted molar refractivity (Wildman–Crippen MR) is 113 cm³/mol. The van der Waals surface area contributed by atoms with Crippen LogP contribution in [0.3, 0.4) is 0 Å². The number of nitrogens with zero attached hydrogens (tertiary/aromatic N) is 2. The van der Waals surface area contributed by atoms with Crippen LogP contribution in [-0.2, 0) is 10.0 Å². The second kappa shape index (κ2) is 9.13. The van der Waals surface area contributed by atoms with Gasteiger partial charge < -0.3 is 10.2 Å². The van der Waals surface area contributed by atoms with E-state index in [4.69, 9.17) is 23.2 Å². The smallest absolute Gasteiger partial charge is 0.252 e. The number of hydrogen-bond acceptors (Lipinski definition) is 4. The first kappa shape index (κ1) is 20.9. The predicted octanol–water partition coefficient (Wildman–Crippen LogP) is 2.88. The van der Waals surface area contributed by atoms with Crippen LogP contribution in [-0.4, -0.2) is 57.1 Å². The van der Waals surface area contributed by atoms with Gasteiger partial charge in [0.1, 0.15) is 0 Å². The van der Waals surface area contributed by atoms with E-state index in [0.29, 0.717) is 31.2 Å². The van der Waals surface area contributed by atoms with Gasteiger partial charge in [0, 0.05) is 43.4 Å². The molecule has 1 aliphatic rings. The van der Waals surface area contributed by atoms with Gasteiger partial charge in [-0.1, -0.05) is 41.4 Å². The molecule has 28 heavy (non-hydrogen) atoms. The second-order valence-corrected chi connectivity index (χ2v) is 9.35. The fraction of sp³-hybridized carbons (Fsp3) is 0.316. The van der Waals surface area contributed by atoms with E-state index >= 15 is 0 Å². The molecule has 2 aromatic carbocycles. The van der Waals surface area contributed by atoms with Crippen LogP contribution in [0.4, 0.5) is 5.69 Å². The Labute approximate surface area is 175 Å². The molecule has 1 heterocycles. The summed E-state index contributed by atoms with van der Waals surface area (Å²) in [5.41, 5.74) is 1.31. The molecule has 2 aromatic rings. The number of carbonyl (C=O) groups is 1. The molecule has 1 N–H and O–H groups in total. The number of carbonyl (C=O) groups excluding carboxylic acids is 1. The lowest BCUT2D eigenvalue weighted by Crippen LogP contribution is -2.50. The van der Waals surface area contributed by atoms with Crippen molar-refractivity contribution in [3.63, 3.8) is 0 Å². The summed E-state index contributed by atoms with van der Waals surface area (Å²) in [5.74, 6) is -0.612. The van der Waals surface area contributed by atoms with Crippen LogP contribution in [0.2, 0.25) is 10.0 Å². The number of nitrogens with one attached hydrogen (secondary N) is 1. The molecule has 1 fully saturated rings. The maximum Gasteiger partial charge on any atom is 0.252 e. The lowest BCUT2D eigenvalue weighted by Gasteiger charge is -2.35. The minimum atomic E-state index is -3.45. The fourth-order valence-electron chi connectivity index (χ4n) is 3.05. The number of anilines is 1. The van der Waals surface area contributed by atoms with Gasteiger partial charge in [-0.3, -0.25) is 4.79 Å². The van der Waals surface area contributed by atoms with Crippen LogP contribution in [0.5, 0.6) is 0 Å². The van der Waals surface area contributed by atoms with E-state index in [1.165, 1.54) is 16.4 Å². The molecule has 0 radical (unpaired) electrons. The highest BCUT2D eigenvalue weighted by molar-refractivity contribution is 7.89. The molecule has 1 amide bonds. The van der Waals surface area contributed by atoms with Crippen molar-refractivity contribution in [2.75, 3.05) is 43.4 Å². The van der Waals surface area contributed by atoms with Crippen molar-refractivity contribution in [2.45, 2.75) is 0 Å². The molecule has 1 aliphatic heterocycles. The molecule has 0 saturated carbocycles. The Kier molecular flexibility index (Phi) is 6.82. The molecule has 150 valence electrons. The van der Waals surface area contributed by atoms with Gasteiger partial charge in [-0.25, -0.2) is 8.42 Å². The van der Waals surface area contributed by atoms with Crippen molar-refractivity contribution in [2.24, 2.45) is 0 Å². The summed E-state index contributed by atoms with van der Waals surface area (Å²) in [6, 6.07) is 14.5. The van der Waals surface area contributed by atoms with Crippen LogP contribution in [0.1, 0.15) is 10.4 Å². The van der Waals surface area contributed by atoms with Crippen molar-refractivity contribution in [1.82, 2.24) is 9.62 Å². The Hall–Kier alpha value is -1.80. The lowest BCUT2D eigenvalue weighted by molar-refractivity contribution is 0.0956. The van der Waals surface area contributed by atoms with Gasteiger partial charge in [-0.15, -0.1) is 0 Å². The van der Waals surface area contributed by atoms with Crippen LogP contribution in [0, 0.1) is 0 Å². The van der Waals surface area contributed by atoms with Gasteiger partial charge in [0.05, 0.1) is 16.3 Å². The molecule has 0 unspecified atom stereocenters. The van der Waals surface area contributed by atoms with Crippen molar-refractivity contribution in [3.8, 4) is 0 Å². The minimum Gasteiger partial charge on any atom is -0.369 e. The van der Waals surface area contributed by atoms with E-state index in [9.17, 15) is 13.2 Å². The number of rotatable bonds is 6. The summed E-state index contributed by atoms with van der Waals surface area (Å²) < 4.78 is 26.6. The largest absolute Gasteiger partial charge is 0.369 e. The van der Waals surface area contributed by atoms with Crippen molar-refractivity contribution < 1.29 is 13.2 Å². The number of piperazine rings is 1. The number of para-hydroxylation sites is 1. The number of sulfonamides is 1. The van der Waals surface area contributed by atoms with E-state index in [1.54, 1.807) is 6.07 Å². The molecule has 0 atom stereocenters. The van der Waals surface area contributed by atoms with Gasteiger partial charge in [0.25, 0.3) is 5.91 Å². The topological polar surface area (TPSA) is 69.7 Å². The first-order valence-corrected chi connectivity index (χ1v) is 11.2. The second-order valence-electron chi connectivity index (χ2n) is 6.42. The SMILES string of the molecule is O=C(NCCS(=O)(=O)N1CCN(c2ccccc2)CC1)c1cc(Cl)ccc1Cl. The zero-order valence-corrected chi connectivity index (χ0v) is 17.5. The summed E-state index contributed by atoms with van der Waals surface area (Å²) in [7, 11) is -3.45. The van der Waals surface area contributed by atoms with Gasteiger partial charge in [0.15, 0.2) is 0 Å². The monoisotopic (exact) mass is 441 g/mol. The van der Waals surface area contributed by atoms with Gasteiger partial charge in [-0.2, -0.15) is 4.31 Å². The lowest BCUT2D eigenvalue weighted by atomic mass is 10.2. The Bertz CT molecular complexity index is 931. The third-order valence-electron chi connectivity index (χ3n) is 4.57. The molecule has 0 bridgehead atoms. The molecule has 0 spiro atoms. The Balaban J connectivity index is 1.51. The first-order valence-electron chi connectivity index (χ1n) is 8.88. The number of hydrogen-bond donors (Lipinski definition) is 1. The highest BCUT2D eigenvalue weighted by Crippen LogP contribution is 2.20. The Morgan fingerprint density at radius 2 is 1.68 bits per heavy atom. The van der Waals surface area contributed by atoms with E-state index in [1.807, 2.05) is 30.3 Å². The minimum absolute atomic E-state index is 0.00289. The van der Waals surface area contributed by atoms with Gasteiger partial charge >= 0.3 is 0 Å². The first-order chi connectivity index (χ1) is 13.4. The van der Waals surface area contributed by atoms with Crippen LogP contribution < -0.4 is 10.2 Å². The van der Waals surface area contributed by atoms with E-state index in [2.05, 4.69) is 10.2 Å². The standard InChI is InChI=1S/C19H21Cl2N3O3S/c20-15-6-7-18(21)17(14-15)19(25)22-8-13-28(26,27)24-11-9-23(10-12-24)16-4-2-1-3-5-16/h1-7,14H,8-13H2,(H,22,25). The molecule has 0 aromatic heterocycles. The summed E-state index contributed by atoms with van der Waals surface area (Å²) >= 11 is 11.9. The summed E-state index contributed by atoms with van der Waals surface area (Å²) in [6.07, 6.45) is 0. The maximum absolute atomic E-state index is 12.6. The molecular weight excluding hydrogens is 421 g/mol. The Morgan fingerprint density at radius 1 is 1.00 bits per heavy atom. The van der Waals surface area contributed by atoms with Crippen molar-refractivity contribution >= 4 is 44.8 Å². The summed E-state index contributed by atoms with van der Waals surface area (Å²) in [5, 5.41) is 3.25. The summed E-state index contributed by atoms with van der Waals surface area (Å²) in [4.78, 5) is 14.4. The van der Waals surface area contributed by atoms with Gasteiger partial charge in [0.2, 0.25) is 10.0 Å². The number of amides is 1. The molecular formula is C19H21Cl2N3O3S. The average molecular weight is 442 g/mol. The molecule has 3 rings (SSSR count). The number of benzene rings is 2. The van der Waals surface area contributed by atoms with Crippen molar-refractivity contribution in [3.05, 3.63) is 64.1 Å². The van der Waals surface area contributed by atoms with E-state index in [-0.39, 0.29) is 22.9 Å². The fourth-order valence-corrected chi connectivity index (χ4v) is 4.77. The normalized spacial score (nSPS) is 15.4. The third kappa shape index (κ3) is 5.17. The average Bonchev–Trinajstić information content (AvgIpc) is 2.70. The molecule has 1 saturated heterocycles. The highest BCUT2D eigenvalue weighted by atomic mass is 35.5. The zero-order chi connectivity index (χ0) is 20.1. The maximum atomic E-state index is 12.6. The molecule has 9 heteroatoms. The van der Waals surface area contributed by atoms with Crippen LogP contribution >= 0.6 is 23.2 Å². The molecule has 0 aliphatic carbocycles. The highest BCUT2D eigenvalue weighted by Gasteiger charge is 2.27. The van der Waals surface area contributed by atoms with Crippen LogP contribution in [0.25, 0.3) is 0 Å². The third-order valence-corrected chi connectivity index (χ3v) is 7.01. The number of halogens is 2. The zero-order valence-electron chi connectivity index (χ0n) is 15.1. The van der Waals surface area contributed by atoms with E-state index < -0.39 is 15.9 Å². The summed E-state index contributed by atoms with van der Waals surface area (Å²) in [6.45, 7) is 2.11.